The lowest BCUT2D eigenvalue weighted by atomic mass is 9.75. The maximum atomic E-state index is 10.3. The van der Waals surface area contributed by atoms with Gasteiger partial charge in [0.15, 0.2) is 0 Å². The predicted octanol–water partition coefficient (Wildman–Crippen LogP) is 3.78. The summed E-state index contributed by atoms with van der Waals surface area (Å²) in [6.45, 7) is 8.44. The van der Waals surface area contributed by atoms with E-state index in [1.807, 2.05) is 61.5 Å². The molecule has 0 radical (unpaired) electrons. The second-order valence-electron chi connectivity index (χ2n) is 6.41. The van der Waals surface area contributed by atoms with Crippen molar-refractivity contribution >= 4 is 18.7 Å². The van der Waals surface area contributed by atoms with Crippen molar-refractivity contribution in [1.29, 1.82) is 0 Å². The summed E-state index contributed by atoms with van der Waals surface area (Å²) in [5, 5.41) is 10.3. The smallest absolute Gasteiger partial charge is 0.532 e. The molecule has 2 nitrogen and oxygen atoms in total. The Kier molecular flexibility index (Phi) is 5.09. The second kappa shape index (κ2) is 6.84. The lowest BCUT2D eigenvalue weighted by Crippen LogP contribution is -2.37. The molecule has 0 amide bonds. The molecule has 1 N–H and O–H groups in total. The summed E-state index contributed by atoms with van der Waals surface area (Å²) in [5.74, 6) is 0.655. The van der Waals surface area contributed by atoms with Gasteiger partial charge in [-0.05, 0) is 41.1 Å². The van der Waals surface area contributed by atoms with E-state index in [0.717, 1.165) is 11.0 Å². The van der Waals surface area contributed by atoms with Crippen molar-refractivity contribution in [3.05, 3.63) is 65.7 Å². The van der Waals surface area contributed by atoms with Crippen LogP contribution in [0.25, 0.3) is 6.08 Å². The minimum absolute atomic E-state index is 0.0455. The molecule has 0 saturated carbocycles. The number of hydrogen-bond donors (Lipinski definition) is 1. The van der Waals surface area contributed by atoms with Crippen molar-refractivity contribution in [2.75, 3.05) is 0 Å². The Balaban J connectivity index is 2.13. The van der Waals surface area contributed by atoms with Gasteiger partial charge in [0.1, 0.15) is 5.75 Å². The molecule has 0 fully saturated rings. The van der Waals surface area contributed by atoms with E-state index in [1.54, 1.807) is 0 Å². The number of allylic oxidation sites excluding steroid dienone is 1. The number of benzene rings is 2. The third kappa shape index (κ3) is 4.25. The highest BCUT2D eigenvalue weighted by atomic mass is 16.5. The van der Waals surface area contributed by atoms with E-state index in [1.165, 1.54) is 5.56 Å². The van der Waals surface area contributed by atoms with Gasteiger partial charge in [-0.15, -0.1) is 0 Å². The fourth-order valence-corrected chi connectivity index (χ4v) is 2.21. The first-order chi connectivity index (χ1) is 10.4. The van der Waals surface area contributed by atoms with Crippen molar-refractivity contribution in [2.45, 2.75) is 33.1 Å². The van der Waals surface area contributed by atoms with Crippen LogP contribution in [-0.2, 0) is 5.41 Å². The van der Waals surface area contributed by atoms with Gasteiger partial charge in [-0.3, -0.25) is 0 Å². The quantitative estimate of drug-likeness (QED) is 0.869. The number of rotatable bonds is 4. The number of hydrogen-bond acceptors (Lipinski definition) is 2. The molecule has 2 aromatic carbocycles. The molecule has 0 aliphatic carbocycles. The molecule has 2 rings (SSSR count). The van der Waals surface area contributed by atoms with E-state index in [-0.39, 0.29) is 5.41 Å². The lowest BCUT2D eigenvalue weighted by molar-refractivity contribution is 0.432. The Bertz CT molecular complexity index is 639. The molecule has 22 heavy (non-hydrogen) atoms. The molecule has 2 aromatic rings. The maximum absolute atomic E-state index is 10.3. The van der Waals surface area contributed by atoms with E-state index in [2.05, 4.69) is 26.8 Å². The maximum Gasteiger partial charge on any atom is 0.560 e. The van der Waals surface area contributed by atoms with E-state index >= 15 is 0 Å². The van der Waals surface area contributed by atoms with Gasteiger partial charge in [-0.2, -0.15) is 0 Å². The van der Waals surface area contributed by atoms with E-state index < -0.39 is 7.12 Å². The van der Waals surface area contributed by atoms with Crippen LogP contribution in [0.15, 0.2) is 54.6 Å². The van der Waals surface area contributed by atoms with Crippen LogP contribution < -0.4 is 10.1 Å². The molecular formula is C19H23BO2. The molecule has 0 saturated heterocycles. The molecule has 0 unspecified atom stereocenters. The predicted molar refractivity (Wildman–Crippen MR) is 94.5 cm³/mol. The van der Waals surface area contributed by atoms with Gasteiger partial charge in [0.25, 0.3) is 0 Å². The molecule has 0 atom stereocenters. The zero-order valence-electron chi connectivity index (χ0n) is 13.7. The highest BCUT2D eigenvalue weighted by Gasteiger charge is 2.21. The molecule has 3 heteroatoms. The first-order valence-corrected chi connectivity index (χ1v) is 7.58. The standard InChI is InChI=1S/C19H23BO2/c1-5-7-15-10-12-18(13-11-15)22-20(21)17-9-6-8-16(14-17)19(2,3)4/h5-14,21H,1-4H3/b7-5+. The van der Waals surface area contributed by atoms with E-state index in [9.17, 15) is 5.02 Å². The van der Waals surface area contributed by atoms with Gasteiger partial charge in [0.2, 0.25) is 0 Å². The van der Waals surface area contributed by atoms with Crippen LogP contribution in [0.5, 0.6) is 5.75 Å². The van der Waals surface area contributed by atoms with Crippen LogP contribution in [0.2, 0.25) is 0 Å². The summed E-state index contributed by atoms with van der Waals surface area (Å²) in [4.78, 5) is 0. The van der Waals surface area contributed by atoms with Crippen LogP contribution >= 0.6 is 0 Å². The first kappa shape index (κ1) is 16.4. The van der Waals surface area contributed by atoms with Gasteiger partial charge < -0.3 is 9.68 Å². The summed E-state index contributed by atoms with van der Waals surface area (Å²) >= 11 is 0. The fraction of sp³-hybridized carbons (Fsp3) is 0.263. The van der Waals surface area contributed by atoms with Crippen molar-refractivity contribution in [3.63, 3.8) is 0 Å². The molecular weight excluding hydrogens is 271 g/mol. The highest BCUT2D eigenvalue weighted by molar-refractivity contribution is 6.60. The Morgan fingerprint density at radius 3 is 2.32 bits per heavy atom. The zero-order valence-corrected chi connectivity index (χ0v) is 13.7. The van der Waals surface area contributed by atoms with E-state index in [4.69, 9.17) is 4.65 Å². The summed E-state index contributed by atoms with van der Waals surface area (Å²) in [7, 11) is -0.963. The Morgan fingerprint density at radius 1 is 1.05 bits per heavy atom. The van der Waals surface area contributed by atoms with Crippen LogP contribution in [0.4, 0.5) is 0 Å². The zero-order chi connectivity index (χ0) is 16.2. The minimum atomic E-state index is -0.963. The summed E-state index contributed by atoms with van der Waals surface area (Å²) < 4.78 is 5.63. The lowest BCUT2D eigenvalue weighted by Gasteiger charge is -2.20. The van der Waals surface area contributed by atoms with E-state index in [0.29, 0.717) is 5.75 Å². The molecule has 0 aliphatic rings. The van der Waals surface area contributed by atoms with Gasteiger partial charge >= 0.3 is 7.12 Å². The summed E-state index contributed by atoms with van der Waals surface area (Å²) in [6, 6.07) is 15.6. The fourth-order valence-electron chi connectivity index (χ4n) is 2.21. The average Bonchev–Trinajstić information content (AvgIpc) is 2.49. The SMILES string of the molecule is C/C=C/c1ccc(OB(O)c2cccc(C(C)(C)C)c2)cc1. The van der Waals surface area contributed by atoms with Gasteiger partial charge in [0, 0.05) is 0 Å². The first-order valence-electron chi connectivity index (χ1n) is 7.58. The molecule has 0 bridgehead atoms. The monoisotopic (exact) mass is 294 g/mol. The molecule has 0 heterocycles. The van der Waals surface area contributed by atoms with Gasteiger partial charge in [-0.1, -0.05) is 69.3 Å². The molecule has 0 aromatic heterocycles. The third-order valence-corrected chi connectivity index (χ3v) is 3.52. The van der Waals surface area contributed by atoms with Gasteiger partial charge in [0.05, 0.1) is 0 Å². The van der Waals surface area contributed by atoms with Crippen molar-refractivity contribution < 1.29 is 9.68 Å². The normalized spacial score (nSPS) is 11.7. The van der Waals surface area contributed by atoms with Crippen LogP contribution in [-0.4, -0.2) is 12.1 Å². The van der Waals surface area contributed by atoms with Gasteiger partial charge in [-0.25, -0.2) is 0 Å². The van der Waals surface area contributed by atoms with Crippen molar-refractivity contribution in [2.24, 2.45) is 0 Å². The highest BCUT2D eigenvalue weighted by Crippen LogP contribution is 2.21. The Morgan fingerprint density at radius 2 is 1.73 bits per heavy atom. The van der Waals surface area contributed by atoms with Crippen molar-refractivity contribution in [1.82, 2.24) is 0 Å². The topological polar surface area (TPSA) is 29.5 Å². The third-order valence-electron chi connectivity index (χ3n) is 3.52. The summed E-state index contributed by atoms with van der Waals surface area (Å²) in [5.41, 5.74) is 3.10. The molecule has 114 valence electrons. The summed E-state index contributed by atoms with van der Waals surface area (Å²) in [6.07, 6.45) is 4.01. The Labute approximate surface area is 133 Å². The Hall–Kier alpha value is -2.00. The van der Waals surface area contributed by atoms with Crippen LogP contribution in [0.1, 0.15) is 38.8 Å². The minimum Gasteiger partial charge on any atom is -0.532 e. The molecule has 0 aliphatic heterocycles. The van der Waals surface area contributed by atoms with Crippen molar-refractivity contribution in [3.8, 4) is 5.75 Å². The van der Waals surface area contributed by atoms with Crippen LogP contribution in [0.3, 0.4) is 0 Å². The molecule has 0 spiro atoms. The largest absolute Gasteiger partial charge is 0.560 e. The van der Waals surface area contributed by atoms with Crippen LogP contribution in [0, 0.1) is 0 Å². The average molecular weight is 294 g/mol. The second-order valence-corrected chi connectivity index (χ2v) is 6.41.